The van der Waals surface area contributed by atoms with Gasteiger partial charge < -0.3 is 10.2 Å². The molecular weight excluding hydrogens is 377 g/mol. The summed E-state index contributed by atoms with van der Waals surface area (Å²) in [6.45, 7) is 7.45. The summed E-state index contributed by atoms with van der Waals surface area (Å²) in [5, 5.41) is 3.20. The molecule has 0 spiro atoms. The fourth-order valence-corrected chi connectivity index (χ4v) is 3.46. The quantitative estimate of drug-likeness (QED) is 0.631. The van der Waals surface area contributed by atoms with Crippen LogP contribution in [0.3, 0.4) is 0 Å². The molecule has 1 saturated heterocycles. The van der Waals surface area contributed by atoms with Crippen LogP contribution in [0.4, 0.5) is 10.1 Å². The zero-order valence-electron chi connectivity index (χ0n) is 17.2. The van der Waals surface area contributed by atoms with Crippen LogP contribution >= 0.6 is 0 Å². The average Bonchev–Trinajstić information content (AvgIpc) is 2.72. The number of carbonyl (C=O) groups is 4. The van der Waals surface area contributed by atoms with Crippen molar-refractivity contribution >= 4 is 29.6 Å². The van der Waals surface area contributed by atoms with E-state index in [-0.39, 0.29) is 30.6 Å². The Kier molecular flexibility index (Phi) is 8.01. The smallest absolute Gasteiger partial charge is 0.261 e. The minimum Gasteiger partial charge on any atom is -0.367 e. The number of imide groups is 1. The van der Waals surface area contributed by atoms with Crippen LogP contribution in [-0.4, -0.2) is 61.0 Å². The average molecular weight is 405 g/mol. The standard InChI is InChI=1S/C21H28FN3O4/c1-4-16(28)5-6-19(15(3)27)25(13-26)21(29)17-12-18(22)20(11-14(17)2)24-9-7-23-8-10-24/h11-13,19,23H,4-10H2,1-3H3. The molecule has 2 amide bonds. The van der Waals surface area contributed by atoms with Gasteiger partial charge in [0.25, 0.3) is 5.91 Å². The number of nitrogens with zero attached hydrogens (tertiary/aromatic N) is 2. The minimum atomic E-state index is -1.05. The van der Waals surface area contributed by atoms with Gasteiger partial charge in [-0.15, -0.1) is 0 Å². The van der Waals surface area contributed by atoms with E-state index in [0.29, 0.717) is 30.8 Å². The lowest BCUT2D eigenvalue weighted by Gasteiger charge is -2.30. The maximum atomic E-state index is 14.8. The van der Waals surface area contributed by atoms with Crippen LogP contribution in [0, 0.1) is 12.7 Å². The maximum absolute atomic E-state index is 14.8. The van der Waals surface area contributed by atoms with Crippen LogP contribution in [0.5, 0.6) is 0 Å². The van der Waals surface area contributed by atoms with Crippen molar-refractivity contribution in [2.24, 2.45) is 0 Å². The van der Waals surface area contributed by atoms with Crippen LogP contribution < -0.4 is 10.2 Å². The molecule has 0 radical (unpaired) electrons. The Morgan fingerprint density at radius 2 is 1.93 bits per heavy atom. The summed E-state index contributed by atoms with van der Waals surface area (Å²) < 4.78 is 14.8. The molecular formula is C21H28FN3O4. The van der Waals surface area contributed by atoms with Crippen LogP contribution in [0.2, 0.25) is 0 Å². The molecule has 0 bridgehead atoms. The van der Waals surface area contributed by atoms with Gasteiger partial charge in [-0.25, -0.2) is 4.39 Å². The third kappa shape index (κ3) is 5.47. The molecule has 0 saturated carbocycles. The van der Waals surface area contributed by atoms with Crippen molar-refractivity contribution in [3.8, 4) is 0 Å². The molecule has 1 fully saturated rings. The van der Waals surface area contributed by atoms with E-state index in [1.807, 2.05) is 4.90 Å². The van der Waals surface area contributed by atoms with Gasteiger partial charge in [-0.3, -0.25) is 24.1 Å². The van der Waals surface area contributed by atoms with Gasteiger partial charge >= 0.3 is 0 Å². The highest BCUT2D eigenvalue weighted by atomic mass is 19.1. The lowest BCUT2D eigenvalue weighted by Crippen LogP contribution is -2.44. The number of aryl methyl sites for hydroxylation is 1. The Hall–Kier alpha value is -2.61. The van der Waals surface area contributed by atoms with E-state index in [1.54, 1.807) is 19.9 Å². The van der Waals surface area contributed by atoms with Gasteiger partial charge in [0, 0.05) is 44.6 Å². The predicted molar refractivity (Wildman–Crippen MR) is 107 cm³/mol. The molecule has 0 aliphatic carbocycles. The van der Waals surface area contributed by atoms with Crippen LogP contribution in [0.25, 0.3) is 0 Å². The summed E-state index contributed by atoms with van der Waals surface area (Å²) >= 11 is 0. The van der Waals surface area contributed by atoms with Crippen LogP contribution in [0.15, 0.2) is 12.1 Å². The molecule has 1 aliphatic heterocycles. The summed E-state index contributed by atoms with van der Waals surface area (Å²) in [7, 11) is 0. The number of benzene rings is 1. The molecule has 1 N–H and O–H groups in total. The molecule has 1 unspecified atom stereocenters. The molecule has 0 aromatic heterocycles. The second kappa shape index (κ2) is 10.2. The summed E-state index contributed by atoms with van der Waals surface area (Å²) in [4.78, 5) is 50.9. The third-order valence-electron chi connectivity index (χ3n) is 5.23. The molecule has 2 rings (SSSR count). The third-order valence-corrected chi connectivity index (χ3v) is 5.23. The minimum absolute atomic E-state index is 0.0292. The first-order chi connectivity index (χ1) is 13.8. The first kappa shape index (κ1) is 22.7. The van der Waals surface area contributed by atoms with E-state index >= 15 is 0 Å². The van der Waals surface area contributed by atoms with Gasteiger partial charge in [0.15, 0.2) is 5.78 Å². The Morgan fingerprint density at radius 3 is 2.48 bits per heavy atom. The molecule has 1 heterocycles. The molecule has 7 nitrogen and oxygen atoms in total. The fraction of sp³-hybridized carbons (Fsp3) is 0.524. The van der Waals surface area contributed by atoms with Crippen molar-refractivity contribution in [1.82, 2.24) is 10.2 Å². The van der Waals surface area contributed by atoms with E-state index in [9.17, 15) is 23.6 Å². The number of Topliss-reactive ketones (excluding diaryl/α,β-unsaturated/α-hetero) is 2. The second-order valence-electron chi connectivity index (χ2n) is 7.23. The summed E-state index contributed by atoms with van der Waals surface area (Å²) in [6, 6.07) is 1.67. The van der Waals surface area contributed by atoms with Gasteiger partial charge in [-0.2, -0.15) is 0 Å². The Morgan fingerprint density at radius 1 is 1.28 bits per heavy atom. The maximum Gasteiger partial charge on any atom is 0.261 e. The lowest BCUT2D eigenvalue weighted by molar-refractivity contribution is -0.129. The molecule has 1 aromatic carbocycles. The van der Waals surface area contributed by atoms with E-state index < -0.39 is 23.5 Å². The largest absolute Gasteiger partial charge is 0.367 e. The van der Waals surface area contributed by atoms with Gasteiger partial charge in [-0.1, -0.05) is 6.92 Å². The van der Waals surface area contributed by atoms with Crippen molar-refractivity contribution in [2.75, 3.05) is 31.1 Å². The van der Waals surface area contributed by atoms with E-state index in [1.165, 1.54) is 6.92 Å². The van der Waals surface area contributed by atoms with Crippen molar-refractivity contribution in [3.63, 3.8) is 0 Å². The number of amides is 2. The lowest BCUT2D eigenvalue weighted by atomic mass is 10.0. The zero-order valence-corrected chi connectivity index (χ0v) is 17.2. The highest BCUT2D eigenvalue weighted by Gasteiger charge is 2.30. The highest BCUT2D eigenvalue weighted by molar-refractivity contribution is 6.04. The summed E-state index contributed by atoms with van der Waals surface area (Å²) in [6.07, 6.45) is 0.754. The first-order valence-corrected chi connectivity index (χ1v) is 9.86. The van der Waals surface area contributed by atoms with Gasteiger partial charge in [0.2, 0.25) is 6.41 Å². The number of anilines is 1. The number of ketones is 2. The number of hydrogen-bond acceptors (Lipinski definition) is 6. The number of hydrogen-bond donors (Lipinski definition) is 1. The van der Waals surface area contributed by atoms with E-state index in [4.69, 9.17) is 0 Å². The van der Waals surface area contributed by atoms with E-state index in [2.05, 4.69) is 5.32 Å². The summed E-state index contributed by atoms with van der Waals surface area (Å²) in [5.74, 6) is -1.75. The number of piperazine rings is 1. The van der Waals surface area contributed by atoms with Crippen LogP contribution in [-0.2, 0) is 14.4 Å². The monoisotopic (exact) mass is 405 g/mol. The van der Waals surface area contributed by atoms with Gasteiger partial charge in [0.05, 0.1) is 11.7 Å². The number of rotatable bonds is 9. The SMILES string of the molecule is CCC(=O)CCC(C(C)=O)N(C=O)C(=O)c1cc(F)c(N2CCNCC2)cc1C. The molecule has 158 valence electrons. The molecule has 1 atom stereocenters. The number of nitrogens with one attached hydrogen (secondary N) is 1. The number of carbonyl (C=O) groups excluding carboxylic acids is 4. The highest BCUT2D eigenvalue weighted by Crippen LogP contribution is 2.26. The Balaban J connectivity index is 2.29. The van der Waals surface area contributed by atoms with E-state index in [0.717, 1.165) is 24.1 Å². The summed E-state index contributed by atoms with van der Waals surface area (Å²) in [5.41, 5.74) is 0.958. The Labute approximate surface area is 170 Å². The van der Waals surface area contributed by atoms with Gasteiger partial charge in [0.1, 0.15) is 11.6 Å². The molecule has 8 heteroatoms. The molecule has 1 aliphatic rings. The number of halogens is 1. The van der Waals surface area contributed by atoms with Crippen LogP contribution in [0.1, 0.15) is 49.0 Å². The topological polar surface area (TPSA) is 86.8 Å². The van der Waals surface area contributed by atoms with Crippen molar-refractivity contribution in [3.05, 3.63) is 29.1 Å². The zero-order chi connectivity index (χ0) is 21.6. The molecule has 1 aromatic rings. The van der Waals surface area contributed by atoms with Crippen molar-refractivity contribution in [1.29, 1.82) is 0 Å². The molecule has 29 heavy (non-hydrogen) atoms. The van der Waals surface area contributed by atoms with Crippen molar-refractivity contribution in [2.45, 2.75) is 46.1 Å². The normalized spacial score (nSPS) is 15.0. The van der Waals surface area contributed by atoms with Crippen molar-refractivity contribution < 1.29 is 23.6 Å². The first-order valence-electron chi connectivity index (χ1n) is 9.86. The second-order valence-corrected chi connectivity index (χ2v) is 7.23. The fourth-order valence-electron chi connectivity index (χ4n) is 3.46. The van der Waals surface area contributed by atoms with Gasteiger partial charge in [-0.05, 0) is 38.0 Å². The Bertz CT molecular complexity index is 790. The predicted octanol–water partition coefficient (Wildman–Crippen LogP) is 1.86.